The molecule has 1 aliphatic carbocycles. The van der Waals surface area contributed by atoms with E-state index in [4.69, 9.17) is 9.82 Å². The molecule has 2 unspecified atom stereocenters. The fraction of sp³-hybridized carbons (Fsp3) is 0.385. The first kappa shape index (κ1) is 22.4. The molecule has 5 rings (SSSR count). The number of likely N-dealkylation sites (N-methyl/N-ethyl adjacent to an activating group) is 1. The van der Waals surface area contributed by atoms with Gasteiger partial charge in [0.2, 0.25) is 0 Å². The van der Waals surface area contributed by atoms with E-state index in [1.165, 1.54) is 6.33 Å². The Morgan fingerprint density at radius 2 is 2.03 bits per heavy atom. The van der Waals surface area contributed by atoms with Crippen molar-refractivity contribution in [2.75, 3.05) is 7.05 Å². The van der Waals surface area contributed by atoms with Crippen LogP contribution in [-0.4, -0.2) is 48.9 Å². The van der Waals surface area contributed by atoms with E-state index in [9.17, 15) is 5.11 Å². The Morgan fingerprint density at radius 1 is 1.29 bits per heavy atom. The second kappa shape index (κ2) is 8.45. The second-order valence-electron chi connectivity index (χ2n) is 9.13. The van der Waals surface area contributed by atoms with Gasteiger partial charge in [-0.1, -0.05) is 6.08 Å². The quantitative estimate of drug-likeness (QED) is 0.529. The normalized spacial score (nSPS) is 21.5. The van der Waals surface area contributed by atoms with Crippen LogP contribution in [0.5, 0.6) is 0 Å². The molecule has 176 valence electrons. The SMILES string of the molecule is C/C=C\N=C(C)C(O)(c1cncnc1)c1cc(C2=C(C)ON(C)C2C)cc2[nH]c(C3CC3)nc12. The number of allylic oxidation sites excluding steroid dienone is 2. The van der Waals surface area contributed by atoms with Gasteiger partial charge in [-0.05, 0) is 58.2 Å². The number of benzene rings is 1. The van der Waals surface area contributed by atoms with Crippen LogP contribution in [0, 0.1) is 0 Å². The molecule has 3 heterocycles. The van der Waals surface area contributed by atoms with E-state index in [1.54, 1.807) is 18.6 Å². The smallest absolute Gasteiger partial charge is 0.158 e. The number of aliphatic imine (C=N–C) groups is 1. The molecule has 2 N–H and O–H groups in total. The van der Waals surface area contributed by atoms with Crippen LogP contribution in [0.25, 0.3) is 16.6 Å². The monoisotopic (exact) mass is 458 g/mol. The van der Waals surface area contributed by atoms with Crippen LogP contribution in [0.4, 0.5) is 0 Å². The Hall–Kier alpha value is -3.36. The van der Waals surface area contributed by atoms with Gasteiger partial charge in [-0.25, -0.2) is 15.0 Å². The molecule has 34 heavy (non-hydrogen) atoms. The maximum atomic E-state index is 12.4. The Balaban J connectivity index is 1.82. The summed E-state index contributed by atoms with van der Waals surface area (Å²) in [6.45, 7) is 7.79. The number of nitrogens with zero attached hydrogens (tertiary/aromatic N) is 5. The predicted octanol–water partition coefficient (Wildman–Crippen LogP) is 4.46. The lowest BCUT2D eigenvalue weighted by molar-refractivity contribution is -0.0883. The van der Waals surface area contributed by atoms with Crippen LogP contribution in [0.1, 0.15) is 69.0 Å². The molecule has 0 amide bonds. The highest BCUT2D eigenvalue weighted by atomic mass is 16.7. The Kier molecular flexibility index (Phi) is 5.58. The molecule has 0 bridgehead atoms. The molecule has 3 aromatic rings. The van der Waals surface area contributed by atoms with Crippen molar-refractivity contribution >= 4 is 22.3 Å². The van der Waals surface area contributed by atoms with Crippen LogP contribution in [0.2, 0.25) is 0 Å². The van der Waals surface area contributed by atoms with Crippen LogP contribution in [0.3, 0.4) is 0 Å². The van der Waals surface area contributed by atoms with E-state index in [0.29, 0.717) is 22.8 Å². The number of rotatable bonds is 6. The molecule has 0 radical (unpaired) electrons. The van der Waals surface area contributed by atoms with Crippen molar-refractivity contribution in [1.82, 2.24) is 25.0 Å². The number of hydrogen-bond acceptors (Lipinski definition) is 7. The summed E-state index contributed by atoms with van der Waals surface area (Å²) in [5.41, 5.74) is 3.76. The molecule has 8 nitrogen and oxygen atoms in total. The van der Waals surface area contributed by atoms with Crippen molar-refractivity contribution in [3.8, 4) is 0 Å². The van der Waals surface area contributed by atoms with Crippen molar-refractivity contribution in [2.24, 2.45) is 4.99 Å². The molecule has 1 aromatic carbocycles. The van der Waals surface area contributed by atoms with Gasteiger partial charge in [0.1, 0.15) is 17.9 Å². The molecule has 0 spiro atoms. The van der Waals surface area contributed by atoms with Gasteiger partial charge >= 0.3 is 0 Å². The summed E-state index contributed by atoms with van der Waals surface area (Å²) in [6, 6.07) is 4.18. The van der Waals surface area contributed by atoms with Gasteiger partial charge in [0.15, 0.2) is 5.60 Å². The van der Waals surface area contributed by atoms with E-state index in [1.807, 2.05) is 45.0 Å². The molecule has 2 aromatic heterocycles. The lowest BCUT2D eigenvalue weighted by Gasteiger charge is -2.29. The number of nitrogens with one attached hydrogen (secondary N) is 1. The summed E-state index contributed by atoms with van der Waals surface area (Å²) in [5, 5.41) is 14.2. The number of aromatic amines is 1. The maximum absolute atomic E-state index is 12.4. The Morgan fingerprint density at radius 3 is 2.65 bits per heavy atom. The first-order valence-corrected chi connectivity index (χ1v) is 11.6. The maximum Gasteiger partial charge on any atom is 0.158 e. The van der Waals surface area contributed by atoms with E-state index in [-0.39, 0.29) is 6.04 Å². The number of hydrogen-bond donors (Lipinski definition) is 2. The average Bonchev–Trinajstić information content (AvgIpc) is 3.55. The second-order valence-corrected chi connectivity index (χ2v) is 9.13. The van der Waals surface area contributed by atoms with Crippen molar-refractivity contribution in [1.29, 1.82) is 0 Å². The van der Waals surface area contributed by atoms with Gasteiger partial charge in [0.05, 0.1) is 22.8 Å². The van der Waals surface area contributed by atoms with Gasteiger partial charge in [-0.3, -0.25) is 4.99 Å². The highest BCUT2D eigenvalue weighted by Gasteiger charge is 2.40. The van der Waals surface area contributed by atoms with Gasteiger partial charge < -0.3 is 14.9 Å². The van der Waals surface area contributed by atoms with Gasteiger partial charge in [-0.2, -0.15) is 0 Å². The summed E-state index contributed by atoms with van der Waals surface area (Å²) in [4.78, 5) is 27.3. The molecule has 2 aliphatic rings. The van der Waals surface area contributed by atoms with Crippen LogP contribution >= 0.6 is 0 Å². The number of aromatic nitrogens is 4. The number of aliphatic hydroxyl groups is 1. The van der Waals surface area contributed by atoms with Crippen molar-refractivity contribution < 1.29 is 9.94 Å². The minimum absolute atomic E-state index is 0.0575. The largest absolute Gasteiger partial charge is 0.410 e. The Labute approximate surface area is 199 Å². The lowest BCUT2D eigenvalue weighted by Crippen LogP contribution is -2.36. The molecule has 1 aliphatic heterocycles. The minimum atomic E-state index is -1.58. The molecule has 8 heteroatoms. The van der Waals surface area contributed by atoms with Crippen molar-refractivity contribution in [2.45, 2.75) is 58.1 Å². The summed E-state index contributed by atoms with van der Waals surface area (Å²) < 4.78 is 0. The molecule has 0 saturated heterocycles. The van der Waals surface area contributed by atoms with Gasteiger partial charge in [0, 0.05) is 48.3 Å². The van der Waals surface area contributed by atoms with E-state index in [2.05, 4.69) is 32.9 Å². The van der Waals surface area contributed by atoms with Crippen LogP contribution in [-0.2, 0) is 10.4 Å². The van der Waals surface area contributed by atoms with Gasteiger partial charge in [0.25, 0.3) is 0 Å². The van der Waals surface area contributed by atoms with Gasteiger partial charge in [-0.15, -0.1) is 5.06 Å². The molecular weight excluding hydrogens is 428 g/mol. The third-order valence-electron chi connectivity index (χ3n) is 6.81. The average molecular weight is 459 g/mol. The number of imidazole rings is 1. The van der Waals surface area contributed by atoms with Crippen molar-refractivity contribution in [3.05, 3.63) is 71.4 Å². The predicted molar refractivity (Wildman–Crippen MR) is 132 cm³/mol. The fourth-order valence-electron chi connectivity index (χ4n) is 4.71. The molecule has 1 saturated carbocycles. The highest BCUT2D eigenvalue weighted by molar-refractivity contribution is 5.99. The number of fused-ring (bicyclic) bond motifs is 1. The molecule has 1 fully saturated rings. The van der Waals surface area contributed by atoms with Crippen LogP contribution < -0.4 is 0 Å². The standard InChI is InChI=1S/C26H30N6O2/c1-6-9-29-17(4)26(33,20-12-27-14-28-13-20)21-10-19(23-15(2)32(5)34-16(23)3)11-22-24(21)31-25(30-22)18-7-8-18/h6,9-15,18,33H,7-8H2,1-5H3,(H,30,31)/b9-6-,29-17?. The molecule has 2 atom stereocenters. The minimum Gasteiger partial charge on any atom is -0.410 e. The fourth-order valence-corrected chi connectivity index (χ4v) is 4.71. The third-order valence-corrected chi connectivity index (χ3v) is 6.81. The first-order chi connectivity index (χ1) is 16.3. The van der Waals surface area contributed by atoms with E-state index in [0.717, 1.165) is 46.6 Å². The summed E-state index contributed by atoms with van der Waals surface area (Å²) in [6.07, 6.45) is 10.5. The summed E-state index contributed by atoms with van der Waals surface area (Å²) in [5.74, 6) is 2.24. The Bertz CT molecular complexity index is 1320. The lowest BCUT2D eigenvalue weighted by atomic mass is 9.81. The first-order valence-electron chi connectivity index (χ1n) is 11.6. The number of H-pyrrole nitrogens is 1. The number of hydroxylamine groups is 2. The van der Waals surface area contributed by atoms with Crippen molar-refractivity contribution in [3.63, 3.8) is 0 Å². The van der Waals surface area contributed by atoms with E-state index < -0.39 is 5.60 Å². The molecular formula is C26H30N6O2. The van der Waals surface area contributed by atoms with E-state index >= 15 is 0 Å². The zero-order valence-corrected chi connectivity index (χ0v) is 20.2. The summed E-state index contributed by atoms with van der Waals surface area (Å²) in [7, 11) is 1.92. The third kappa shape index (κ3) is 3.63. The summed E-state index contributed by atoms with van der Waals surface area (Å²) >= 11 is 0. The van der Waals surface area contributed by atoms with Crippen LogP contribution in [0.15, 0.2) is 53.9 Å². The topological polar surface area (TPSA) is 99.5 Å². The zero-order valence-electron chi connectivity index (χ0n) is 20.2. The highest BCUT2D eigenvalue weighted by Crippen LogP contribution is 2.43. The zero-order chi connectivity index (χ0) is 24.0.